The molecule has 0 radical (unpaired) electrons. The molecule has 0 heterocycles. The molecule has 0 unspecified atom stereocenters. The molecule has 8 heteroatoms. The van der Waals surface area contributed by atoms with E-state index in [4.69, 9.17) is 5.53 Å². The smallest absolute Gasteiger partial charge is 0.321 e. The first-order valence-corrected chi connectivity index (χ1v) is 5.71. The van der Waals surface area contributed by atoms with Crippen LogP contribution in [0.15, 0.2) is 5.11 Å². The molecular weight excluding hydrogens is 210 g/mol. The molecule has 0 amide bonds. The molecule has 0 saturated carbocycles. The molecule has 0 aromatic heterocycles. The predicted octanol–water partition coefficient (Wildman–Crippen LogP) is 0.275. The van der Waals surface area contributed by atoms with Gasteiger partial charge in [0.25, 0.3) is 0 Å². The van der Waals surface area contributed by atoms with Crippen molar-refractivity contribution in [1.29, 1.82) is 0 Å². The van der Waals surface area contributed by atoms with E-state index in [0.717, 1.165) is 0 Å². The number of azide groups is 1. The number of hydrogen-bond acceptors (Lipinski definition) is 5. The van der Waals surface area contributed by atoms with E-state index >= 15 is 0 Å². The van der Waals surface area contributed by atoms with Crippen molar-refractivity contribution >= 4 is 15.8 Å². The summed E-state index contributed by atoms with van der Waals surface area (Å²) in [5, 5.41) is 3.06. The van der Waals surface area contributed by atoms with Crippen molar-refractivity contribution in [2.45, 2.75) is 6.92 Å². The van der Waals surface area contributed by atoms with Gasteiger partial charge in [-0.15, -0.1) is 0 Å². The van der Waals surface area contributed by atoms with Crippen molar-refractivity contribution in [3.8, 4) is 0 Å². The zero-order valence-electron chi connectivity index (χ0n) is 7.71. The summed E-state index contributed by atoms with van der Waals surface area (Å²) in [5.41, 5.74) is 7.90. The molecular formula is C6H11N3O4S. The Morgan fingerprint density at radius 2 is 2.21 bits per heavy atom. The number of nitrogens with zero attached hydrogens (tertiary/aromatic N) is 3. The van der Waals surface area contributed by atoms with Gasteiger partial charge in [-0.25, -0.2) is 8.42 Å². The number of esters is 1. The first-order valence-electron chi connectivity index (χ1n) is 3.88. The number of rotatable bonds is 6. The normalized spacial score (nSPS) is 10.4. The second-order valence-electron chi connectivity index (χ2n) is 2.35. The Hall–Kier alpha value is -1.27. The van der Waals surface area contributed by atoms with Gasteiger partial charge in [0.1, 0.15) is 5.75 Å². The highest BCUT2D eigenvalue weighted by Crippen LogP contribution is 1.93. The van der Waals surface area contributed by atoms with Gasteiger partial charge in [-0.1, -0.05) is 5.11 Å². The molecule has 14 heavy (non-hydrogen) atoms. The topological polar surface area (TPSA) is 109 Å². The molecule has 0 bridgehead atoms. The molecule has 0 saturated heterocycles. The fraction of sp³-hybridized carbons (Fsp3) is 0.833. The van der Waals surface area contributed by atoms with Gasteiger partial charge in [0.15, 0.2) is 9.84 Å². The van der Waals surface area contributed by atoms with Crippen LogP contribution in [0.25, 0.3) is 10.4 Å². The Bertz CT molecular complexity index is 331. The molecule has 0 atom stereocenters. The highest BCUT2D eigenvalue weighted by Gasteiger charge is 2.16. The second-order valence-corrected chi connectivity index (χ2v) is 4.54. The maximum absolute atomic E-state index is 11.1. The van der Waals surface area contributed by atoms with Crippen molar-refractivity contribution in [2.75, 3.05) is 24.7 Å². The van der Waals surface area contributed by atoms with Crippen LogP contribution in [0.5, 0.6) is 0 Å². The number of carbonyl (C=O) groups is 1. The quantitative estimate of drug-likeness (QED) is 0.277. The van der Waals surface area contributed by atoms with E-state index in [1.807, 2.05) is 0 Å². The summed E-state index contributed by atoms with van der Waals surface area (Å²) >= 11 is 0. The third-order valence-electron chi connectivity index (χ3n) is 1.21. The van der Waals surface area contributed by atoms with Gasteiger partial charge >= 0.3 is 5.97 Å². The van der Waals surface area contributed by atoms with Crippen molar-refractivity contribution in [3.05, 3.63) is 10.4 Å². The fourth-order valence-electron chi connectivity index (χ4n) is 0.679. The molecule has 0 spiro atoms. The van der Waals surface area contributed by atoms with E-state index in [1.165, 1.54) is 0 Å². The Kier molecular flexibility index (Phi) is 5.66. The summed E-state index contributed by atoms with van der Waals surface area (Å²) in [4.78, 5) is 13.2. The molecule has 0 fully saturated rings. The Balaban J connectivity index is 4.07. The number of ether oxygens (including phenoxy) is 1. The van der Waals surface area contributed by atoms with E-state index in [9.17, 15) is 13.2 Å². The third kappa shape index (κ3) is 6.27. The van der Waals surface area contributed by atoms with Crippen molar-refractivity contribution in [3.63, 3.8) is 0 Å². The average Bonchev–Trinajstić information content (AvgIpc) is 2.03. The Morgan fingerprint density at radius 1 is 1.57 bits per heavy atom. The molecule has 0 aromatic rings. The zero-order valence-corrected chi connectivity index (χ0v) is 8.53. The summed E-state index contributed by atoms with van der Waals surface area (Å²) in [5.74, 6) is -1.79. The van der Waals surface area contributed by atoms with E-state index < -0.39 is 21.6 Å². The summed E-state index contributed by atoms with van der Waals surface area (Å²) < 4.78 is 26.7. The maximum Gasteiger partial charge on any atom is 0.321 e. The molecule has 7 nitrogen and oxygen atoms in total. The monoisotopic (exact) mass is 221 g/mol. The predicted molar refractivity (Wildman–Crippen MR) is 49.3 cm³/mol. The van der Waals surface area contributed by atoms with E-state index in [2.05, 4.69) is 14.8 Å². The highest BCUT2D eigenvalue weighted by molar-refractivity contribution is 7.92. The second kappa shape index (κ2) is 6.22. The lowest BCUT2D eigenvalue weighted by Crippen LogP contribution is -2.22. The lowest BCUT2D eigenvalue weighted by Gasteiger charge is -2.01. The van der Waals surface area contributed by atoms with Crippen molar-refractivity contribution < 1.29 is 17.9 Å². The molecule has 0 rings (SSSR count). The van der Waals surface area contributed by atoms with Gasteiger partial charge in [0, 0.05) is 11.5 Å². The van der Waals surface area contributed by atoms with E-state index in [1.54, 1.807) is 6.92 Å². The van der Waals surface area contributed by atoms with E-state index in [0.29, 0.717) is 0 Å². The van der Waals surface area contributed by atoms with Crippen LogP contribution in [-0.4, -0.2) is 39.0 Å². The van der Waals surface area contributed by atoms with Gasteiger partial charge in [0.05, 0.1) is 12.4 Å². The van der Waals surface area contributed by atoms with Gasteiger partial charge in [-0.2, -0.15) is 0 Å². The molecule has 0 aliphatic rings. The van der Waals surface area contributed by atoms with E-state index in [-0.39, 0.29) is 18.9 Å². The van der Waals surface area contributed by atoms with Crippen molar-refractivity contribution in [2.24, 2.45) is 5.11 Å². The lowest BCUT2D eigenvalue weighted by molar-refractivity contribution is -0.139. The number of sulfone groups is 1. The molecule has 80 valence electrons. The summed E-state index contributed by atoms with van der Waals surface area (Å²) in [7, 11) is -3.51. The molecule has 0 aliphatic heterocycles. The van der Waals surface area contributed by atoms with Crippen LogP contribution in [0, 0.1) is 0 Å². The van der Waals surface area contributed by atoms with Crippen LogP contribution >= 0.6 is 0 Å². The van der Waals surface area contributed by atoms with Gasteiger partial charge in [-0.05, 0) is 12.5 Å². The lowest BCUT2D eigenvalue weighted by atomic mass is 10.8. The van der Waals surface area contributed by atoms with Crippen LogP contribution in [0.1, 0.15) is 6.92 Å². The van der Waals surface area contributed by atoms with Crippen LogP contribution in [0.2, 0.25) is 0 Å². The van der Waals surface area contributed by atoms with Crippen LogP contribution in [0.4, 0.5) is 0 Å². The van der Waals surface area contributed by atoms with Crippen LogP contribution < -0.4 is 0 Å². The van der Waals surface area contributed by atoms with Gasteiger partial charge in [-0.3, -0.25) is 4.79 Å². The minimum Gasteiger partial charge on any atom is -0.465 e. The minimum absolute atomic E-state index is 0.144. The number of carbonyl (C=O) groups excluding carboxylic acids is 1. The van der Waals surface area contributed by atoms with Crippen molar-refractivity contribution in [1.82, 2.24) is 0 Å². The summed E-state index contributed by atoms with van der Waals surface area (Å²) in [6, 6.07) is 0. The zero-order chi connectivity index (χ0) is 11.0. The highest BCUT2D eigenvalue weighted by atomic mass is 32.2. The maximum atomic E-state index is 11.1. The first-order chi connectivity index (χ1) is 6.52. The standard InChI is InChI=1S/C6H11N3O4S/c1-2-13-6(10)5-14(11,12)4-3-8-9-7/h2-5H2,1H3. The average molecular weight is 221 g/mol. The first kappa shape index (κ1) is 12.7. The fourth-order valence-corrected chi connectivity index (χ4v) is 1.63. The van der Waals surface area contributed by atoms with Gasteiger partial charge < -0.3 is 4.74 Å². The van der Waals surface area contributed by atoms with Crippen LogP contribution in [0.3, 0.4) is 0 Å². The summed E-state index contributed by atoms with van der Waals surface area (Å²) in [6.45, 7) is 1.56. The van der Waals surface area contributed by atoms with Gasteiger partial charge in [0.2, 0.25) is 0 Å². The molecule has 0 aromatic carbocycles. The molecule has 0 aliphatic carbocycles. The Morgan fingerprint density at radius 3 is 2.71 bits per heavy atom. The number of hydrogen-bond donors (Lipinski definition) is 0. The molecule has 0 N–H and O–H groups in total. The third-order valence-corrected chi connectivity index (χ3v) is 2.69. The Labute approximate surface area is 81.6 Å². The van der Waals surface area contributed by atoms with Crippen LogP contribution in [-0.2, 0) is 19.4 Å². The summed E-state index contributed by atoms with van der Waals surface area (Å²) in [6.07, 6.45) is 0. The SMILES string of the molecule is CCOC(=O)CS(=O)(=O)CCN=[N+]=[N-]. The minimum atomic E-state index is -3.51. The largest absolute Gasteiger partial charge is 0.465 e.